The van der Waals surface area contributed by atoms with Crippen LogP contribution in [0.15, 0.2) is 40.2 Å². The molecule has 0 radical (unpaired) electrons. The molecule has 75 heavy (non-hydrogen) atoms. The first-order chi connectivity index (χ1) is 36.0. The molecular weight excluding hydrogens is 992 g/mol. The number of nitrogens with one attached hydrogen (secondary N) is 7. The zero-order chi connectivity index (χ0) is 55.2. The number of hydrogen-bond donors (Lipinski definition) is 7. The van der Waals surface area contributed by atoms with Crippen molar-refractivity contribution in [2.75, 3.05) is 66.1 Å². The van der Waals surface area contributed by atoms with Crippen LogP contribution in [0.5, 0.6) is 11.8 Å². The smallest absolute Gasteiger partial charge is 0.251 e. The minimum atomic E-state index is -0.333. The maximum atomic E-state index is 12.9. The van der Waals surface area contributed by atoms with Crippen molar-refractivity contribution in [2.45, 2.75) is 157 Å². The number of aromatic amines is 3. The molecule has 16 nitrogen and oxygen atoms in total. The Morgan fingerprint density at radius 3 is 1.52 bits per heavy atom. The normalized spacial score (nSPS) is 14.3. The zero-order valence-corrected chi connectivity index (χ0v) is 48.3. The van der Waals surface area contributed by atoms with Gasteiger partial charge in [-0.25, -0.2) is 4.98 Å². The number of benzene rings is 2. The molecule has 7 N–H and O–H groups in total. The van der Waals surface area contributed by atoms with Gasteiger partial charge in [0, 0.05) is 69.0 Å². The molecule has 3 aliphatic rings. The summed E-state index contributed by atoms with van der Waals surface area (Å²) in [4.78, 5) is 68.7. The van der Waals surface area contributed by atoms with Crippen LogP contribution >= 0.6 is 23.2 Å². The fourth-order valence-corrected chi connectivity index (χ4v) is 10.2. The third-order valence-corrected chi connectivity index (χ3v) is 14.5. The summed E-state index contributed by atoms with van der Waals surface area (Å²) < 4.78 is 10.6. The van der Waals surface area contributed by atoms with E-state index in [-0.39, 0.29) is 41.6 Å². The van der Waals surface area contributed by atoms with Gasteiger partial charge in [-0.3, -0.25) is 19.2 Å². The Bertz CT molecular complexity index is 2700. The Morgan fingerprint density at radius 1 is 0.653 bits per heavy atom. The standard InChI is InChI=1S/C21H26ClN3O3.C18H20ClN5O3.2C8H17N.C2H6/c1-4-23-18-10-13(22)9-15(12(18)2)20(27)24-11-16-19(26)14-7-5-6-8-17(14)25-21(16)28-3;1-4-20-13-6-10(19)5-11(9(13)2)17(26)21-7-12-15(25)14-16(23-8-22-14)24-18(12)27-3;2*1-9(2)8-6-4-3-5-7-8;1-2/h9-10,23H,4-8,11H2,1-3H3,(H,24,27)(H,25,26);5-6,8,20H,4,7H2,1-3H3,(H,21,26)(H2,22,23,24,25);2*8H,3-7H2,1-2H3;1-2H3. The second kappa shape index (κ2) is 31.5. The molecule has 414 valence electrons. The molecule has 2 fully saturated rings. The summed E-state index contributed by atoms with van der Waals surface area (Å²) in [6.45, 7) is 13.2. The predicted octanol–water partition coefficient (Wildman–Crippen LogP) is 11.0. The third-order valence-electron chi connectivity index (χ3n) is 14.0. The Hall–Kier alpha value is -5.55. The molecule has 0 bridgehead atoms. The van der Waals surface area contributed by atoms with Crippen LogP contribution < -0.4 is 41.6 Å². The van der Waals surface area contributed by atoms with Crippen LogP contribution in [-0.2, 0) is 25.9 Å². The number of imidazole rings is 1. The number of halogens is 2. The summed E-state index contributed by atoms with van der Waals surface area (Å²) in [7, 11) is 11.7. The average molecular weight is 1080 g/mol. The number of H-pyrrole nitrogens is 3. The molecule has 0 unspecified atom stereocenters. The highest BCUT2D eigenvalue weighted by Crippen LogP contribution is 2.28. The number of carbonyl (C=O) groups is 2. The summed E-state index contributed by atoms with van der Waals surface area (Å²) in [5, 5.41) is 12.9. The van der Waals surface area contributed by atoms with Crippen molar-refractivity contribution in [3.8, 4) is 11.8 Å². The van der Waals surface area contributed by atoms with Crippen molar-refractivity contribution >= 4 is 57.6 Å². The summed E-state index contributed by atoms with van der Waals surface area (Å²) in [5.41, 5.74) is 7.05. The van der Waals surface area contributed by atoms with Crippen molar-refractivity contribution in [2.24, 2.45) is 0 Å². The molecule has 0 aliphatic heterocycles. The lowest BCUT2D eigenvalue weighted by Gasteiger charge is -2.27. The lowest BCUT2D eigenvalue weighted by atomic mass is 9.94. The van der Waals surface area contributed by atoms with Crippen molar-refractivity contribution in [1.29, 1.82) is 0 Å². The largest absolute Gasteiger partial charge is 0.482 e. The summed E-state index contributed by atoms with van der Waals surface area (Å²) >= 11 is 12.3. The van der Waals surface area contributed by atoms with Crippen LogP contribution in [0.3, 0.4) is 0 Å². The van der Waals surface area contributed by atoms with E-state index in [4.69, 9.17) is 32.7 Å². The maximum absolute atomic E-state index is 12.9. The Labute approximate surface area is 455 Å². The number of hydrogen-bond acceptors (Lipinski definition) is 11. The first kappa shape index (κ1) is 62.0. The zero-order valence-electron chi connectivity index (χ0n) is 46.8. The lowest BCUT2D eigenvalue weighted by molar-refractivity contribution is 0.0941. The van der Waals surface area contributed by atoms with Gasteiger partial charge in [-0.2, -0.15) is 0 Å². The molecule has 3 heterocycles. The number of pyridine rings is 2. The van der Waals surface area contributed by atoms with Gasteiger partial charge >= 0.3 is 0 Å². The molecule has 3 aliphatic carbocycles. The van der Waals surface area contributed by atoms with E-state index in [0.717, 1.165) is 78.1 Å². The molecule has 0 atom stereocenters. The van der Waals surface area contributed by atoms with Gasteiger partial charge in [-0.15, -0.1) is 0 Å². The topological polar surface area (TPSA) is 202 Å². The molecule has 18 heteroatoms. The summed E-state index contributed by atoms with van der Waals surface area (Å²) in [6, 6.07) is 8.59. The van der Waals surface area contributed by atoms with Gasteiger partial charge < -0.3 is 55.5 Å². The van der Waals surface area contributed by atoms with E-state index in [2.05, 4.69) is 79.2 Å². The number of ether oxygens (including phenoxy) is 2. The van der Waals surface area contributed by atoms with E-state index in [1.807, 2.05) is 41.5 Å². The minimum absolute atomic E-state index is 0.00517. The highest BCUT2D eigenvalue weighted by atomic mass is 35.5. The number of nitrogens with zero attached hydrogens (tertiary/aromatic N) is 3. The van der Waals surface area contributed by atoms with Crippen LogP contribution in [0, 0.1) is 13.8 Å². The van der Waals surface area contributed by atoms with E-state index in [1.165, 1.54) is 84.8 Å². The molecule has 8 rings (SSSR count). The van der Waals surface area contributed by atoms with Crippen LogP contribution in [0.2, 0.25) is 10.0 Å². The number of rotatable bonds is 14. The van der Waals surface area contributed by atoms with Gasteiger partial charge in [-0.05, 0) is 143 Å². The fourth-order valence-electron chi connectivity index (χ4n) is 9.76. The number of carbonyl (C=O) groups excluding carboxylic acids is 2. The van der Waals surface area contributed by atoms with E-state index >= 15 is 0 Å². The molecular formula is C57H86Cl2N10O6. The first-order valence-corrected chi connectivity index (χ1v) is 27.7. The Balaban J connectivity index is 0.000000239. The lowest BCUT2D eigenvalue weighted by Crippen LogP contribution is -2.30. The third kappa shape index (κ3) is 17.5. The Morgan fingerprint density at radius 2 is 1.09 bits per heavy atom. The van der Waals surface area contributed by atoms with Gasteiger partial charge in [0.15, 0.2) is 17.0 Å². The second-order valence-corrected chi connectivity index (χ2v) is 20.3. The molecule has 0 spiro atoms. The van der Waals surface area contributed by atoms with Crippen LogP contribution in [0.4, 0.5) is 11.4 Å². The van der Waals surface area contributed by atoms with Crippen molar-refractivity contribution in [3.63, 3.8) is 0 Å². The number of aryl methyl sites for hydroxylation is 1. The second-order valence-electron chi connectivity index (χ2n) is 19.4. The Kier molecular flexibility index (Phi) is 26.0. The number of anilines is 2. The number of aromatic nitrogens is 4. The van der Waals surface area contributed by atoms with Crippen LogP contribution in [0.1, 0.15) is 159 Å². The minimum Gasteiger partial charge on any atom is -0.482 e. The van der Waals surface area contributed by atoms with Crippen molar-refractivity contribution in [3.05, 3.63) is 106 Å². The molecule has 2 amide bonds. The quantitative estimate of drug-likeness (QED) is 0.0558. The van der Waals surface area contributed by atoms with Crippen LogP contribution in [0.25, 0.3) is 11.2 Å². The fraction of sp³-hybridized carbons (Fsp3) is 0.561. The average Bonchev–Trinajstić information content (AvgIpc) is 3.90. The number of methoxy groups -OCH3 is 2. The molecule has 5 aromatic rings. The van der Waals surface area contributed by atoms with Crippen molar-refractivity contribution < 1.29 is 19.1 Å². The van der Waals surface area contributed by atoms with Gasteiger partial charge in [-0.1, -0.05) is 75.6 Å². The molecule has 2 aromatic carbocycles. The van der Waals surface area contributed by atoms with E-state index in [1.54, 1.807) is 24.3 Å². The summed E-state index contributed by atoms with van der Waals surface area (Å²) in [5.74, 6) is 0.0665. The van der Waals surface area contributed by atoms with Crippen LogP contribution in [-0.4, -0.2) is 109 Å². The number of amides is 2. The van der Waals surface area contributed by atoms with Gasteiger partial charge in [0.25, 0.3) is 11.8 Å². The van der Waals surface area contributed by atoms with Crippen molar-refractivity contribution in [1.82, 2.24) is 40.4 Å². The van der Waals surface area contributed by atoms with Gasteiger partial charge in [0.2, 0.25) is 11.3 Å². The SMILES string of the molecule is CC.CCNc1cc(Cl)cc(C(=O)NCc2c(OC)[nH]c3c(c2=O)CCCC3)c1C.CCNc1cc(Cl)cc(C(=O)NCc2c(OC)[nH]c3nc[nH]c3c2=O)c1C.CN(C)C1CCCCC1.CN(C)C1CCCCC1. The van der Waals surface area contributed by atoms with E-state index < -0.39 is 0 Å². The predicted molar refractivity (Wildman–Crippen MR) is 309 cm³/mol. The highest BCUT2D eigenvalue weighted by molar-refractivity contribution is 6.31. The number of fused-ring (bicyclic) bond motifs is 2. The van der Waals surface area contributed by atoms with Gasteiger partial charge in [0.05, 0.1) is 44.8 Å². The van der Waals surface area contributed by atoms with Gasteiger partial charge in [0.1, 0.15) is 5.52 Å². The highest BCUT2D eigenvalue weighted by Gasteiger charge is 2.23. The monoisotopic (exact) mass is 1080 g/mol. The van der Waals surface area contributed by atoms with E-state index in [0.29, 0.717) is 55.9 Å². The first-order valence-electron chi connectivity index (χ1n) is 26.9. The maximum Gasteiger partial charge on any atom is 0.251 e. The van der Waals surface area contributed by atoms with E-state index in [9.17, 15) is 19.2 Å². The summed E-state index contributed by atoms with van der Waals surface area (Å²) in [6.07, 6.45) is 19.5. The molecule has 2 saturated carbocycles. The molecule has 3 aromatic heterocycles. The molecule has 0 saturated heterocycles.